The van der Waals surface area contributed by atoms with Gasteiger partial charge in [0.2, 0.25) is 0 Å². The Morgan fingerprint density at radius 3 is 2.55 bits per heavy atom. The van der Waals surface area contributed by atoms with Gasteiger partial charge in [-0.3, -0.25) is 4.79 Å². The molecule has 20 heavy (non-hydrogen) atoms. The van der Waals surface area contributed by atoms with Crippen LogP contribution in [0.25, 0.3) is 0 Å². The summed E-state index contributed by atoms with van der Waals surface area (Å²) in [6, 6.07) is 7.54. The van der Waals surface area contributed by atoms with E-state index in [1.165, 1.54) is 12.8 Å². The number of ether oxygens (including phenoxy) is 1. The van der Waals surface area contributed by atoms with E-state index in [2.05, 4.69) is 5.32 Å². The van der Waals surface area contributed by atoms with Gasteiger partial charge >= 0.3 is 0 Å². The van der Waals surface area contributed by atoms with Crippen LogP contribution in [0.3, 0.4) is 0 Å². The fourth-order valence-electron chi connectivity index (χ4n) is 1.85. The van der Waals surface area contributed by atoms with Crippen LogP contribution < -0.4 is 10.1 Å². The van der Waals surface area contributed by atoms with Gasteiger partial charge in [-0.1, -0.05) is 12.1 Å². The summed E-state index contributed by atoms with van der Waals surface area (Å²) < 4.78 is 5.42. The Bertz CT molecular complexity index is 463. The van der Waals surface area contributed by atoms with Gasteiger partial charge < -0.3 is 14.8 Å². The molecule has 0 radical (unpaired) electrons. The van der Waals surface area contributed by atoms with Gasteiger partial charge in [0.1, 0.15) is 11.5 Å². The number of hydrogen-bond acceptors (Lipinski definition) is 3. The third kappa shape index (κ3) is 5.43. The van der Waals surface area contributed by atoms with Crippen molar-refractivity contribution in [2.24, 2.45) is 5.92 Å². The molecule has 0 aromatic heterocycles. The molecule has 0 saturated heterocycles. The molecule has 4 heteroatoms. The first-order valence-electron chi connectivity index (χ1n) is 7.11. The molecule has 1 saturated carbocycles. The van der Waals surface area contributed by atoms with E-state index in [1.807, 2.05) is 24.3 Å². The molecule has 0 aliphatic heterocycles. The van der Waals surface area contributed by atoms with Crippen LogP contribution >= 0.6 is 0 Å². The largest absolute Gasteiger partial charge is 0.484 e. The minimum Gasteiger partial charge on any atom is -0.484 e. The van der Waals surface area contributed by atoms with Crippen molar-refractivity contribution in [3.8, 4) is 5.75 Å². The lowest BCUT2D eigenvalue weighted by atomic mass is 10.1. The van der Waals surface area contributed by atoms with Crippen molar-refractivity contribution in [2.45, 2.75) is 32.6 Å². The van der Waals surface area contributed by atoms with Crippen molar-refractivity contribution >= 4 is 11.7 Å². The quantitative estimate of drug-likeness (QED) is 0.790. The summed E-state index contributed by atoms with van der Waals surface area (Å²) in [5.74, 6) is 1.48. The Hall–Kier alpha value is -1.84. The lowest BCUT2D eigenvalue weighted by molar-refractivity contribution is -0.123. The highest BCUT2D eigenvalue weighted by atomic mass is 16.5. The topological polar surface area (TPSA) is 55.4 Å². The molecule has 1 N–H and O–H groups in total. The monoisotopic (exact) mass is 275 g/mol. The zero-order valence-corrected chi connectivity index (χ0v) is 11.9. The summed E-state index contributed by atoms with van der Waals surface area (Å²) in [6.07, 6.45) is 3.76. The van der Waals surface area contributed by atoms with Gasteiger partial charge in [-0.2, -0.15) is 0 Å². The smallest absolute Gasteiger partial charge is 0.257 e. The van der Waals surface area contributed by atoms with E-state index in [0.717, 1.165) is 18.5 Å². The minimum absolute atomic E-state index is 0.0551. The molecule has 1 aromatic rings. The highest BCUT2D eigenvalue weighted by Gasteiger charge is 2.21. The number of nitrogens with one attached hydrogen (secondary N) is 1. The summed E-state index contributed by atoms with van der Waals surface area (Å²) in [7, 11) is 0. The van der Waals surface area contributed by atoms with E-state index in [1.54, 1.807) is 6.92 Å². The molecular formula is C16H21NO3. The van der Waals surface area contributed by atoms with Crippen molar-refractivity contribution in [2.75, 3.05) is 13.2 Å². The molecule has 1 aliphatic carbocycles. The van der Waals surface area contributed by atoms with Crippen molar-refractivity contribution in [1.82, 2.24) is 5.32 Å². The number of carbonyl (C=O) groups excluding carboxylic acids is 2. The van der Waals surface area contributed by atoms with Gasteiger partial charge in [-0.15, -0.1) is 0 Å². The zero-order chi connectivity index (χ0) is 14.4. The Kier molecular flexibility index (Phi) is 5.16. The molecule has 1 amide bonds. The van der Waals surface area contributed by atoms with Gasteiger partial charge in [-0.05, 0) is 49.8 Å². The van der Waals surface area contributed by atoms with Crippen LogP contribution in [-0.2, 0) is 16.0 Å². The van der Waals surface area contributed by atoms with E-state index in [0.29, 0.717) is 18.1 Å². The van der Waals surface area contributed by atoms with Gasteiger partial charge in [-0.25, -0.2) is 0 Å². The van der Waals surface area contributed by atoms with Crippen LogP contribution in [0.15, 0.2) is 24.3 Å². The molecule has 1 aliphatic rings. The SMILES string of the molecule is CC(=O)CCc1ccc(OCC(=O)NCC2CC2)cc1. The highest BCUT2D eigenvalue weighted by Crippen LogP contribution is 2.27. The number of amides is 1. The first-order valence-corrected chi connectivity index (χ1v) is 7.11. The average molecular weight is 275 g/mol. The molecule has 108 valence electrons. The van der Waals surface area contributed by atoms with E-state index in [9.17, 15) is 9.59 Å². The third-order valence-electron chi connectivity index (χ3n) is 3.34. The fraction of sp³-hybridized carbons (Fsp3) is 0.500. The number of hydrogen-bond donors (Lipinski definition) is 1. The van der Waals surface area contributed by atoms with Gasteiger partial charge in [0.15, 0.2) is 6.61 Å². The lowest BCUT2D eigenvalue weighted by Crippen LogP contribution is -2.30. The number of rotatable bonds is 8. The van der Waals surface area contributed by atoms with Crippen molar-refractivity contribution in [3.05, 3.63) is 29.8 Å². The number of ketones is 1. The maximum Gasteiger partial charge on any atom is 0.257 e. The van der Waals surface area contributed by atoms with Crippen molar-refractivity contribution in [3.63, 3.8) is 0 Å². The first-order chi connectivity index (χ1) is 9.63. The predicted octanol–water partition coefficient (Wildman–Crippen LogP) is 2.11. The summed E-state index contributed by atoms with van der Waals surface area (Å²) in [6.45, 7) is 2.42. The molecule has 1 aromatic carbocycles. The molecule has 0 spiro atoms. The Balaban J connectivity index is 1.69. The molecule has 1 fully saturated rings. The van der Waals surface area contributed by atoms with Crippen LogP contribution in [0, 0.1) is 5.92 Å². The summed E-state index contributed by atoms with van der Waals surface area (Å²) in [5.41, 5.74) is 1.10. The Labute approximate surface area is 119 Å². The van der Waals surface area contributed by atoms with Crippen molar-refractivity contribution < 1.29 is 14.3 Å². The summed E-state index contributed by atoms with van der Waals surface area (Å²) in [5, 5.41) is 2.86. The predicted molar refractivity (Wildman–Crippen MR) is 76.7 cm³/mol. The molecule has 0 unspecified atom stereocenters. The van der Waals surface area contributed by atoms with E-state index in [-0.39, 0.29) is 18.3 Å². The maximum atomic E-state index is 11.5. The van der Waals surface area contributed by atoms with Crippen LogP contribution in [-0.4, -0.2) is 24.8 Å². The number of benzene rings is 1. The number of carbonyl (C=O) groups is 2. The molecule has 0 bridgehead atoms. The second-order valence-electron chi connectivity index (χ2n) is 5.38. The molecule has 2 rings (SSSR count). The number of aryl methyl sites for hydroxylation is 1. The second kappa shape index (κ2) is 7.08. The normalized spacial score (nSPS) is 13.8. The van der Waals surface area contributed by atoms with E-state index >= 15 is 0 Å². The van der Waals surface area contributed by atoms with Gasteiger partial charge in [0, 0.05) is 13.0 Å². The molecule has 0 heterocycles. The van der Waals surface area contributed by atoms with Crippen molar-refractivity contribution in [1.29, 1.82) is 0 Å². The Morgan fingerprint density at radius 1 is 1.25 bits per heavy atom. The molecular weight excluding hydrogens is 254 g/mol. The lowest BCUT2D eigenvalue weighted by Gasteiger charge is -2.07. The molecule has 4 nitrogen and oxygen atoms in total. The maximum absolute atomic E-state index is 11.5. The first kappa shape index (κ1) is 14.6. The van der Waals surface area contributed by atoms with Crippen LogP contribution in [0.2, 0.25) is 0 Å². The van der Waals surface area contributed by atoms with Gasteiger partial charge in [0.05, 0.1) is 0 Å². The van der Waals surface area contributed by atoms with E-state index < -0.39 is 0 Å². The van der Waals surface area contributed by atoms with Crippen LogP contribution in [0.1, 0.15) is 31.7 Å². The molecule has 0 atom stereocenters. The Morgan fingerprint density at radius 2 is 1.95 bits per heavy atom. The number of Topliss-reactive ketones (excluding diaryl/α,β-unsaturated/α-hetero) is 1. The zero-order valence-electron chi connectivity index (χ0n) is 11.9. The highest BCUT2D eigenvalue weighted by molar-refractivity contribution is 5.77. The summed E-state index contributed by atoms with van der Waals surface area (Å²) in [4.78, 5) is 22.4. The van der Waals surface area contributed by atoms with Crippen LogP contribution in [0.5, 0.6) is 5.75 Å². The minimum atomic E-state index is -0.0717. The standard InChI is InChI=1S/C16H21NO3/c1-12(18)2-3-13-6-8-15(9-7-13)20-11-16(19)17-10-14-4-5-14/h6-9,14H,2-5,10-11H2,1H3,(H,17,19). The fourth-order valence-corrected chi connectivity index (χ4v) is 1.85. The third-order valence-corrected chi connectivity index (χ3v) is 3.34. The summed E-state index contributed by atoms with van der Waals surface area (Å²) >= 11 is 0. The van der Waals surface area contributed by atoms with Crippen LogP contribution in [0.4, 0.5) is 0 Å². The second-order valence-corrected chi connectivity index (χ2v) is 5.38. The average Bonchev–Trinajstić information content (AvgIpc) is 3.26. The van der Waals surface area contributed by atoms with E-state index in [4.69, 9.17) is 4.74 Å². The van der Waals surface area contributed by atoms with Gasteiger partial charge in [0.25, 0.3) is 5.91 Å².